The lowest BCUT2D eigenvalue weighted by atomic mass is 10.1. The number of alkyl halides is 2. The monoisotopic (exact) mass is 456 g/mol. The standard InChI is InChI=1S/C18H12BrF3N2O2S/c1-9-15(10-2-5-12(6-3-10)26-17(21)22)23-18(27-9)24-16(25)13-8-11(20)4-7-14(13)19/h2-8,17H,1H3,(H,23,24,25). The van der Waals surface area contributed by atoms with Crippen LogP contribution in [0.5, 0.6) is 5.75 Å². The Balaban J connectivity index is 1.80. The first-order chi connectivity index (χ1) is 12.8. The van der Waals surface area contributed by atoms with Gasteiger partial charge < -0.3 is 4.74 Å². The normalized spacial score (nSPS) is 10.9. The molecule has 0 aliphatic carbocycles. The van der Waals surface area contributed by atoms with Crippen molar-refractivity contribution in [3.63, 3.8) is 0 Å². The van der Waals surface area contributed by atoms with E-state index in [0.717, 1.165) is 10.9 Å². The molecule has 2 aromatic carbocycles. The summed E-state index contributed by atoms with van der Waals surface area (Å²) in [5, 5.41) is 2.99. The molecule has 0 bridgehead atoms. The minimum atomic E-state index is -2.89. The van der Waals surface area contributed by atoms with E-state index in [1.807, 2.05) is 6.92 Å². The van der Waals surface area contributed by atoms with Crippen molar-refractivity contribution in [1.29, 1.82) is 0 Å². The third-order valence-electron chi connectivity index (χ3n) is 3.54. The van der Waals surface area contributed by atoms with Gasteiger partial charge in [0.05, 0.1) is 11.3 Å². The van der Waals surface area contributed by atoms with Gasteiger partial charge in [-0.1, -0.05) is 0 Å². The highest BCUT2D eigenvalue weighted by Crippen LogP contribution is 2.32. The first-order valence-corrected chi connectivity index (χ1v) is 9.23. The number of halogens is 4. The lowest BCUT2D eigenvalue weighted by molar-refractivity contribution is -0.0498. The van der Waals surface area contributed by atoms with Crippen molar-refractivity contribution in [2.45, 2.75) is 13.5 Å². The Morgan fingerprint density at radius 1 is 1.22 bits per heavy atom. The van der Waals surface area contributed by atoms with Gasteiger partial charge in [-0.25, -0.2) is 9.37 Å². The molecule has 0 radical (unpaired) electrons. The van der Waals surface area contributed by atoms with Gasteiger partial charge in [0.15, 0.2) is 5.13 Å². The summed E-state index contributed by atoms with van der Waals surface area (Å²) in [6, 6.07) is 9.87. The van der Waals surface area contributed by atoms with Crippen LogP contribution in [0.25, 0.3) is 11.3 Å². The number of carbonyl (C=O) groups excluding carboxylic acids is 1. The molecule has 1 amide bonds. The molecule has 140 valence electrons. The molecule has 0 spiro atoms. The number of hydrogen-bond acceptors (Lipinski definition) is 4. The second-order valence-corrected chi connectivity index (χ2v) is 7.46. The number of carbonyl (C=O) groups is 1. The molecule has 3 aromatic rings. The number of aromatic nitrogens is 1. The number of ether oxygens (including phenoxy) is 1. The zero-order chi connectivity index (χ0) is 19.6. The molecule has 4 nitrogen and oxygen atoms in total. The molecule has 0 fully saturated rings. The summed E-state index contributed by atoms with van der Waals surface area (Å²) in [6.45, 7) is -1.06. The number of nitrogens with zero attached hydrogens (tertiary/aromatic N) is 1. The number of benzene rings is 2. The second-order valence-electron chi connectivity index (χ2n) is 5.40. The van der Waals surface area contributed by atoms with Crippen molar-refractivity contribution in [1.82, 2.24) is 4.98 Å². The van der Waals surface area contributed by atoms with Crippen molar-refractivity contribution >= 4 is 38.3 Å². The molecule has 0 aliphatic heterocycles. The molecule has 0 saturated carbocycles. The summed E-state index contributed by atoms with van der Waals surface area (Å²) >= 11 is 4.47. The number of hydrogen-bond donors (Lipinski definition) is 1. The van der Waals surface area contributed by atoms with Crippen LogP contribution in [0.15, 0.2) is 46.9 Å². The average molecular weight is 457 g/mol. The fourth-order valence-electron chi connectivity index (χ4n) is 2.35. The van der Waals surface area contributed by atoms with Gasteiger partial charge in [-0.15, -0.1) is 11.3 Å². The van der Waals surface area contributed by atoms with Crippen LogP contribution < -0.4 is 10.1 Å². The maximum absolute atomic E-state index is 13.4. The van der Waals surface area contributed by atoms with E-state index in [0.29, 0.717) is 20.9 Å². The van der Waals surface area contributed by atoms with Gasteiger partial charge in [0.2, 0.25) is 0 Å². The number of anilines is 1. The first kappa shape index (κ1) is 19.4. The van der Waals surface area contributed by atoms with Gasteiger partial charge in [0.25, 0.3) is 5.91 Å². The molecule has 0 aliphatic rings. The van der Waals surface area contributed by atoms with E-state index in [2.05, 4.69) is 31.0 Å². The van der Waals surface area contributed by atoms with Crippen molar-refractivity contribution in [3.05, 3.63) is 63.2 Å². The highest BCUT2D eigenvalue weighted by Gasteiger charge is 2.16. The van der Waals surface area contributed by atoms with Gasteiger partial charge in [0.1, 0.15) is 11.6 Å². The Hall–Kier alpha value is -2.39. The number of aryl methyl sites for hydroxylation is 1. The molecule has 1 heterocycles. The lowest BCUT2D eigenvalue weighted by Crippen LogP contribution is -2.12. The highest BCUT2D eigenvalue weighted by molar-refractivity contribution is 9.10. The number of nitrogens with one attached hydrogen (secondary N) is 1. The maximum atomic E-state index is 13.4. The van der Waals surface area contributed by atoms with Crippen LogP contribution in [0.2, 0.25) is 0 Å². The first-order valence-electron chi connectivity index (χ1n) is 7.62. The number of thiazole rings is 1. The number of amides is 1. The minimum Gasteiger partial charge on any atom is -0.435 e. The molecule has 27 heavy (non-hydrogen) atoms. The van der Waals surface area contributed by atoms with E-state index in [1.54, 1.807) is 12.1 Å². The second kappa shape index (κ2) is 8.10. The quantitative estimate of drug-likeness (QED) is 0.521. The fraction of sp³-hybridized carbons (Fsp3) is 0.111. The Morgan fingerprint density at radius 3 is 2.59 bits per heavy atom. The molecular weight excluding hydrogens is 445 g/mol. The summed E-state index contributed by atoms with van der Waals surface area (Å²) in [7, 11) is 0. The van der Waals surface area contributed by atoms with Gasteiger partial charge in [-0.3, -0.25) is 10.1 Å². The van der Waals surface area contributed by atoms with Crippen LogP contribution in [0.3, 0.4) is 0 Å². The predicted molar refractivity (Wildman–Crippen MR) is 101 cm³/mol. The molecule has 1 N–H and O–H groups in total. The van der Waals surface area contributed by atoms with Gasteiger partial charge in [0, 0.05) is 14.9 Å². The molecule has 0 atom stereocenters. The summed E-state index contributed by atoms with van der Waals surface area (Å²) in [5.41, 5.74) is 1.45. The zero-order valence-electron chi connectivity index (χ0n) is 13.8. The van der Waals surface area contributed by atoms with Crippen LogP contribution in [-0.4, -0.2) is 17.5 Å². The van der Waals surface area contributed by atoms with E-state index in [-0.39, 0.29) is 11.3 Å². The summed E-state index contributed by atoms with van der Waals surface area (Å²) in [4.78, 5) is 17.6. The van der Waals surface area contributed by atoms with E-state index >= 15 is 0 Å². The predicted octanol–water partition coefficient (Wildman–Crippen LogP) is 5.87. The van der Waals surface area contributed by atoms with Gasteiger partial charge in [-0.05, 0) is 65.3 Å². The van der Waals surface area contributed by atoms with Crippen LogP contribution >= 0.6 is 27.3 Å². The number of rotatable bonds is 5. The largest absolute Gasteiger partial charge is 0.435 e. The van der Waals surface area contributed by atoms with Crippen LogP contribution in [0.1, 0.15) is 15.2 Å². The smallest absolute Gasteiger partial charge is 0.387 e. The lowest BCUT2D eigenvalue weighted by Gasteiger charge is -2.05. The topological polar surface area (TPSA) is 51.2 Å². The average Bonchev–Trinajstić information content (AvgIpc) is 2.97. The third-order valence-corrected chi connectivity index (χ3v) is 5.12. The van der Waals surface area contributed by atoms with Gasteiger partial charge >= 0.3 is 6.61 Å². The Bertz CT molecular complexity index is 977. The van der Waals surface area contributed by atoms with E-state index < -0.39 is 18.3 Å². The zero-order valence-corrected chi connectivity index (χ0v) is 16.2. The van der Waals surface area contributed by atoms with Crippen LogP contribution in [0.4, 0.5) is 18.3 Å². The van der Waals surface area contributed by atoms with Crippen molar-refractivity contribution < 1.29 is 22.7 Å². The van der Waals surface area contributed by atoms with Crippen LogP contribution in [-0.2, 0) is 0 Å². The summed E-state index contributed by atoms with van der Waals surface area (Å²) < 4.78 is 42.6. The van der Waals surface area contributed by atoms with Crippen molar-refractivity contribution in [3.8, 4) is 17.0 Å². The van der Waals surface area contributed by atoms with Crippen LogP contribution in [0, 0.1) is 12.7 Å². The highest BCUT2D eigenvalue weighted by atomic mass is 79.9. The Kier molecular flexibility index (Phi) is 5.81. The van der Waals surface area contributed by atoms with Crippen molar-refractivity contribution in [2.24, 2.45) is 0 Å². The van der Waals surface area contributed by atoms with E-state index in [9.17, 15) is 18.0 Å². The summed E-state index contributed by atoms with van der Waals surface area (Å²) in [5.74, 6) is -0.973. The summed E-state index contributed by atoms with van der Waals surface area (Å²) in [6.07, 6.45) is 0. The maximum Gasteiger partial charge on any atom is 0.387 e. The van der Waals surface area contributed by atoms with E-state index in [1.165, 1.54) is 35.6 Å². The van der Waals surface area contributed by atoms with Crippen molar-refractivity contribution in [2.75, 3.05) is 5.32 Å². The fourth-order valence-corrected chi connectivity index (χ4v) is 3.61. The Morgan fingerprint density at radius 2 is 1.93 bits per heavy atom. The van der Waals surface area contributed by atoms with E-state index in [4.69, 9.17) is 0 Å². The third kappa shape index (κ3) is 4.67. The minimum absolute atomic E-state index is 0.0473. The molecule has 3 rings (SSSR count). The molecule has 0 unspecified atom stereocenters. The van der Waals surface area contributed by atoms with Gasteiger partial charge in [-0.2, -0.15) is 8.78 Å². The molecule has 0 saturated heterocycles. The molecule has 1 aromatic heterocycles. The molecule has 9 heteroatoms. The Labute approximate surface area is 165 Å². The molecular formula is C18H12BrF3N2O2S. The SMILES string of the molecule is Cc1sc(NC(=O)c2cc(F)ccc2Br)nc1-c1ccc(OC(F)F)cc1.